The highest BCUT2D eigenvalue weighted by Crippen LogP contribution is 2.32. The van der Waals surface area contributed by atoms with Crippen molar-refractivity contribution in [2.24, 2.45) is 0 Å². The van der Waals surface area contributed by atoms with E-state index in [4.69, 9.17) is 0 Å². The predicted octanol–water partition coefficient (Wildman–Crippen LogP) is 19.3. The van der Waals surface area contributed by atoms with E-state index in [1.54, 1.807) is 0 Å². The normalized spacial score (nSPS) is 18.6. The number of hydrogen-bond acceptors (Lipinski definition) is 3. The van der Waals surface area contributed by atoms with E-state index in [-0.39, 0.29) is 17.3 Å². The fourth-order valence-corrected chi connectivity index (χ4v) is 9.68. The zero-order chi connectivity index (χ0) is 48.7. The Morgan fingerprint density at radius 1 is 0.232 bits per heavy atom. The summed E-state index contributed by atoms with van der Waals surface area (Å²) in [7, 11) is 0. The SMILES string of the molecule is O=C1/C(=C/c2ccc(Br)cc2)CCC/C1=C\c1ccc(Br)cc1.O=C1/C(=C/c2ccc(Br)cc2)CCC/C1=C\c1ccc(Br)cc1.O=C1/C(=C/c2ccc(Br)cc2)CCC/C1=C\c1ccc(Br)cc1. The fourth-order valence-electron chi connectivity index (χ4n) is 8.10. The number of Topliss-reactive ketones (excluding diaryl/α,β-unsaturated/α-hetero) is 3. The van der Waals surface area contributed by atoms with Gasteiger partial charge in [0, 0.05) is 60.3 Å². The summed E-state index contributed by atoms with van der Waals surface area (Å²) in [5.41, 5.74) is 11.9. The number of ketones is 3. The number of carbonyl (C=O) groups is 3. The number of allylic oxidation sites excluding steroid dienone is 6. The number of halogens is 6. The summed E-state index contributed by atoms with van der Waals surface area (Å²) in [4.78, 5) is 38.1. The predicted molar refractivity (Wildman–Crippen MR) is 309 cm³/mol. The third-order valence-corrected chi connectivity index (χ3v) is 14.9. The van der Waals surface area contributed by atoms with Crippen molar-refractivity contribution in [1.29, 1.82) is 0 Å². The largest absolute Gasteiger partial charge is 0.289 e. The van der Waals surface area contributed by atoms with Crippen LogP contribution in [0.4, 0.5) is 0 Å². The summed E-state index contributed by atoms with van der Waals surface area (Å²) in [5, 5.41) is 0. The molecule has 3 aliphatic rings. The first-order valence-electron chi connectivity index (χ1n) is 22.8. The zero-order valence-corrected chi connectivity index (χ0v) is 47.2. The summed E-state index contributed by atoms with van der Waals surface area (Å²) in [6.45, 7) is 0. The average Bonchev–Trinajstić information content (AvgIpc) is 3.35. The van der Waals surface area contributed by atoms with Crippen LogP contribution in [0.25, 0.3) is 36.5 Å². The summed E-state index contributed by atoms with van der Waals surface area (Å²) in [6, 6.07) is 48.3. The zero-order valence-electron chi connectivity index (χ0n) is 37.7. The molecule has 3 nitrogen and oxygen atoms in total. The lowest BCUT2D eigenvalue weighted by atomic mass is 9.87. The Balaban J connectivity index is 0.000000153. The molecule has 0 aromatic heterocycles. The first kappa shape index (κ1) is 52.5. The summed E-state index contributed by atoms with van der Waals surface area (Å²) >= 11 is 20.6. The first-order valence-corrected chi connectivity index (χ1v) is 27.5. The lowest BCUT2D eigenvalue weighted by Gasteiger charge is -2.16. The number of benzene rings is 6. The Bertz CT molecular complexity index is 2430. The highest BCUT2D eigenvalue weighted by molar-refractivity contribution is 9.11. The van der Waals surface area contributed by atoms with Crippen LogP contribution in [-0.2, 0) is 14.4 Å². The maximum absolute atomic E-state index is 12.7. The van der Waals surface area contributed by atoms with Crippen LogP contribution < -0.4 is 0 Å². The quantitative estimate of drug-likeness (QED) is 0.156. The van der Waals surface area contributed by atoms with Crippen molar-refractivity contribution in [3.8, 4) is 0 Å². The lowest BCUT2D eigenvalue weighted by molar-refractivity contribution is -0.113. The highest BCUT2D eigenvalue weighted by atomic mass is 79.9. The summed E-state index contributed by atoms with van der Waals surface area (Å²) in [6.07, 6.45) is 20.3. The van der Waals surface area contributed by atoms with Gasteiger partial charge in [-0.25, -0.2) is 0 Å². The van der Waals surface area contributed by atoms with Gasteiger partial charge in [-0.05, 0) is 200 Å². The molecule has 0 bridgehead atoms. The molecular weight excluding hydrogens is 1250 g/mol. The Morgan fingerprint density at radius 2 is 0.362 bits per heavy atom. The van der Waals surface area contributed by atoms with Gasteiger partial charge in [-0.3, -0.25) is 14.4 Å². The molecule has 6 aromatic rings. The van der Waals surface area contributed by atoms with Gasteiger partial charge in [0.25, 0.3) is 0 Å². The maximum Gasteiger partial charge on any atom is 0.185 e. The molecule has 3 fully saturated rings. The molecule has 0 spiro atoms. The molecule has 6 aromatic carbocycles. The Labute approximate surface area is 456 Å². The lowest BCUT2D eigenvalue weighted by Crippen LogP contribution is -2.12. The van der Waals surface area contributed by atoms with Gasteiger partial charge < -0.3 is 0 Å². The topological polar surface area (TPSA) is 51.2 Å². The van der Waals surface area contributed by atoms with Crippen LogP contribution in [-0.4, -0.2) is 17.3 Å². The minimum atomic E-state index is 0.182. The Morgan fingerprint density at radius 3 is 0.493 bits per heavy atom. The van der Waals surface area contributed by atoms with Gasteiger partial charge >= 0.3 is 0 Å². The Kier molecular flexibility index (Phi) is 19.9. The van der Waals surface area contributed by atoms with Crippen molar-refractivity contribution >= 4 is 149 Å². The van der Waals surface area contributed by atoms with Gasteiger partial charge in [-0.15, -0.1) is 0 Å². The molecule has 0 amide bonds. The minimum Gasteiger partial charge on any atom is -0.289 e. The van der Waals surface area contributed by atoms with Gasteiger partial charge in [-0.1, -0.05) is 168 Å². The van der Waals surface area contributed by atoms with E-state index in [2.05, 4.69) is 95.6 Å². The van der Waals surface area contributed by atoms with Crippen LogP contribution >= 0.6 is 95.6 Å². The molecule has 0 unspecified atom stereocenters. The van der Waals surface area contributed by atoms with E-state index >= 15 is 0 Å². The van der Waals surface area contributed by atoms with Crippen LogP contribution in [0.5, 0.6) is 0 Å². The van der Waals surface area contributed by atoms with Crippen molar-refractivity contribution in [2.75, 3.05) is 0 Å². The fraction of sp³-hybridized carbons (Fsp3) is 0.150. The van der Waals surface area contributed by atoms with Crippen molar-refractivity contribution in [3.05, 3.63) is 239 Å². The second kappa shape index (κ2) is 26.2. The van der Waals surface area contributed by atoms with Crippen LogP contribution in [0, 0.1) is 0 Å². The van der Waals surface area contributed by atoms with Crippen LogP contribution in [0.2, 0.25) is 0 Å². The third-order valence-electron chi connectivity index (χ3n) is 11.7. The van der Waals surface area contributed by atoms with E-state index < -0.39 is 0 Å². The molecule has 0 radical (unpaired) electrons. The highest BCUT2D eigenvalue weighted by Gasteiger charge is 2.22. The molecule has 0 atom stereocenters. The van der Waals surface area contributed by atoms with Gasteiger partial charge in [0.2, 0.25) is 0 Å². The minimum absolute atomic E-state index is 0.182. The monoisotopic (exact) mass is 1290 g/mol. The van der Waals surface area contributed by atoms with Crippen LogP contribution in [0.3, 0.4) is 0 Å². The molecule has 69 heavy (non-hydrogen) atoms. The summed E-state index contributed by atoms with van der Waals surface area (Å²) < 4.78 is 6.28. The number of carbonyl (C=O) groups excluding carboxylic acids is 3. The van der Waals surface area contributed by atoms with Crippen LogP contribution in [0.1, 0.15) is 91.2 Å². The summed E-state index contributed by atoms with van der Waals surface area (Å²) in [5.74, 6) is 0.547. The van der Waals surface area contributed by atoms with E-state index in [0.29, 0.717) is 0 Å². The molecule has 348 valence electrons. The van der Waals surface area contributed by atoms with Crippen molar-refractivity contribution < 1.29 is 14.4 Å². The molecular formula is C60H48Br6O3. The second-order valence-electron chi connectivity index (χ2n) is 16.9. The number of hydrogen-bond donors (Lipinski definition) is 0. The molecule has 0 N–H and O–H groups in total. The van der Waals surface area contributed by atoms with E-state index in [1.807, 2.05) is 182 Å². The molecule has 9 heteroatoms. The maximum atomic E-state index is 12.7. The third kappa shape index (κ3) is 16.3. The van der Waals surface area contributed by atoms with Gasteiger partial charge in [0.05, 0.1) is 0 Å². The standard InChI is InChI=1S/3C20H16Br2O/c3*21-18-8-4-14(5-9-18)12-16-2-1-3-17(20(16)23)13-15-6-10-19(22)11-7-15/h3*4-13H,1-3H2/b3*16-12+,17-13+. The van der Waals surface area contributed by atoms with E-state index in [1.165, 1.54) is 0 Å². The first-order chi connectivity index (χ1) is 33.3. The van der Waals surface area contributed by atoms with Crippen molar-refractivity contribution in [2.45, 2.75) is 57.8 Å². The van der Waals surface area contributed by atoms with Gasteiger partial charge in [0.1, 0.15) is 0 Å². The smallest absolute Gasteiger partial charge is 0.185 e. The molecule has 9 rings (SSSR count). The van der Waals surface area contributed by atoms with Crippen LogP contribution in [0.15, 0.2) is 206 Å². The van der Waals surface area contributed by atoms with Gasteiger partial charge in [-0.2, -0.15) is 0 Å². The van der Waals surface area contributed by atoms with Gasteiger partial charge in [0.15, 0.2) is 17.3 Å². The van der Waals surface area contributed by atoms with E-state index in [9.17, 15) is 14.4 Å². The molecule has 0 aliphatic heterocycles. The van der Waals surface area contributed by atoms with E-state index in [0.717, 1.165) is 151 Å². The molecule has 0 heterocycles. The van der Waals surface area contributed by atoms with Crippen molar-refractivity contribution in [3.63, 3.8) is 0 Å². The second-order valence-corrected chi connectivity index (χ2v) is 22.4. The molecule has 3 saturated carbocycles. The molecule has 0 saturated heterocycles. The average molecular weight is 1300 g/mol. The Hall–Kier alpha value is -4.35. The number of rotatable bonds is 6. The van der Waals surface area contributed by atoms with Crippen molar-refractivity contribution in [1.82, 2.24) is 0 Å². The molecule has 3 aliphatic carbocycles.